The van der Waals surface area contributed by atoms with Gasteiger partial charge < -0.3 is 16.0 Å². The molecule has 0 saturated heterocycles. The van der Waals surface area contributed by atoms with E-state index in [1.54, 1.807) is 12.4 Å². The van der Waals surface area contributed by atoms with Crippen molar-refractivity contribution in [2.45, 2.75) is 37.6 Å². The number of H-pyrrole nitrogens is 1. The summed E-state index contributed by atoms with van der Waals surface area (Å²) in [6, 6.07) is 7.61. The average Bonchev–Trinajstić information content (AvgIpc) is 3.03. The van der Waals surface area contributed by atoms with Crippen LogP contribution in [-0.2, 0) is 4.79 Å². The standard InChI is InChI=1S/C16H20N4O.2ClH/c17-16(8-2-1-3-9-16)15(21)20-13-6-4-12(5-7-13)14-18-10-11-19-14;;/h4-7,10-11H,1-3,8-9,17H2,(H,18,19)(H,20,21);2*1H. The zero-order valence-electron chi connectivity index (χ0n) is 12.7. The maximum atomic E-state index is 12.3. The van der Waals surface area contributed by atoms with Crippen LogP contribution in [0.15, 0.2) is 36.7 Å². The summed E-state index contributed by atoms with van der Waals surface area (Å²) in [5.74, 6) is 0.739. The maximum absolute atomic E-state index is 12.3. The molecule has 0 bridgehead atoms. The lowest BCUT2D eigenvalue weighted by Crippen LogP contribution is -2.52. The summed E-state index contributed by atoms with van der Waals surface area (Å²) in [5, 5.41) is 2.93. The van der Waals surface area contributed by atoms with Crippen LogP contribution in [0.5, 0.6) is 0 Å². The van der Waals surface area contributed by atoms with Crippen molar-refractivity contribution in [2.75, 3.05) is 5.32 Å². The minimum absolute atomic E-state index is 0. The molecule has 126 valence electrons. The highest BCUT2D eigenvalue weighted by Crippen LogP contribution is 2.27. The number of carbonyl (C=O) groups is 1. The first-order valence-corrected chi connectivity index (χ1v) is 7.38. The van der Waals surface area contributed by atoms with Gasteiger partial charge >= 0.3 is 0 Å². The molecule has 3 rings (SSSR count). The fraction of sp³-hybridized carbons (Fsp3) is 0.375. The smallest absolute Gasteiger partial charge is 0.244 e. The Hall–Kier alpha value is -1.56. The molecule has 1 aliphatic carbocycles. The first kappa shape index (κ1) is 19.5. The fourth-order valence-electron chi connectivity index (χ4n) is 2.80. The molecule has 1 heterocycles. The molecule has 1 aliphatic rings. The number of nitrogens with two attached hydrogens (primary N) is 1. The predicted octanol–water partition coefficient (Wildman–Crippen LogP) is 3.52. The van der Waals surface area contributed by atoms with Crippen molar-refractivity contribution >= 4 is 36.4 Å². The second kappa shape index (κ2) is 8.34. The molecule has 0 spiro atoms. The second-order valence-corrected chi connectivity index (χ2v) is 5.69. The predicted molar refractivity (Wildman–Crippen MR) is 97.2 cm³/mol. The van der Waals surface area contributed by atoms with Crippen molar-refractivity contribution in [3.8, 4) is 11.4 Å². The Kier molecular flexibility index (Phi) is 7.06. The van der Waals surface area contributed by atoms with E-state index in [0.717, 1.165) is 42.8 Å². The molecule has 0 atom stereocenters. The zero-order valence-corrected chi connectivity index (χ0v) is 14.4. The Balaban J connectivity index is 0.00000132. The van der Waals surface area contributed by atoms with Gasteiger partial charge in [-0.15, -0.1) is 24.8 Å². The molecule has 2 aromatic rings. The lowest BCUT2D eigenvalue weighted by atomic mass is 9.82. The first-order chi connectivity index (χ1) is 10.2. The Morgan fingerprint density at radius 3 is 2.35 bits per heavy atom. The third-order valence-electron chi connectivity index (χ3n) is 4.11. The van der Waals surface area contributed by atoms with Gasteiger partial charge in [-0.3, -0.25) is 4.79 Å². The van der Waals surface area contributed by atoms with Gasteiger partial charge in [0.25, 0.3) is 0 Å². The molecule has 1 aromatic carbocycles. The van der Waals surface area contributed by atoms with Crippen LogP contribution in [0.2, 0.25) is 0 Å². The van der Waals surface area contributed by atoms with Crippen LogP contribution in [0.25, 0.3) is 11.4 Å². The van der Waals surface area contributed by atoms with Crippen molar-refractivity contribution < 1.29 is 4.79 Å². The largest absolute Gasteiger partial charge is 0.345 e. The summed E-state index contributed by atoms with van der Waals surface area (Å²) in [6.45, 7) is 0. The highest BCUT2D eigenvalue weighted by molar-refractivity contribution is 5.98. The van der Waals surface area contributed by atoms with Crippen molar-refractivity contribution in [3.63, 3.8) is 0 Å². The molecule has 4 N–H and O–H groups in total. The molecule has 1 fully saturated rings. The number of hydrogen-bond acceptors (Lipinski definition) is 3. The Morgan fingerprint density at radius 1 is 1.13 bits per heavy atom. The highest BCUT2D eigenvalue weighted by atomic mass is 35.5. The molecule has 0 radical (unpaired) electrons. The molecule has 1 amide bonds. The SMILES string of the molecule is Cl.Cl.NC1(C(=O)Nc2ccc(-c3ncc[nH]3)cc2)CCCCC1. The third-order valence-corrected chi connectivity index (χ3v) is 4.11. The van der Waals surface area contributed by atoms with Gasteiger partial charge in [0, 0.05) is 23.6 Å². The van der Waals surface area contributed by atoms with Gasteiger partial charge in [0.2, 0.25) is 5.91 Å². The molecule has 1 saturated carbocycles. The van der Waals surface area contributed by atoms with E-state index in [0.29, 0.717) is 0 Å². The number of anilines is 1. The van der Waals surface area contributed by atoms with Crippen molar-refractivity contribution in [1.82, 2.24) is 9.97 Å². The molecule has 0 aliphatic heterocycles. The van der Waals surface area contributed by atoms with Crippen LogP contribution in [0.3, 0.4) is 0 Å². The Bertz CT molecular complexity index is 608. The van der Waals surface area contributed by atoms with E-state index in [1.165, 1.54) is 6.42 Å². The maximum Gasteiger partial charge on any atom is 0.244 e. The van der Waals surface area contributed by atoms with Crippen LogP contribution >= 0.6 is 24.8 Å². The van der Waals surface area contributed by atoms with E-state index in [4.69, 9.17) is 5.73 Å². The molecule has 1 aromatic heterocycles. The number of aromatic nitrogens is 2. The minimum Gasteiger partial charge on any atom is -0.345 e. The number of aromatic amines is 1. The number of halogens is 2. The summed E-state index contributed by atoms with van der Waals surface area (Å²) in [4.78, 5) is 19.6. The first-order valence-electron chi connectivity index (χ1n) is 7.38. The number of nitrogens with one attached hydrogen (secondary N) is 2. The summed E-state index contributed by atoms with van der Waals surface area (Å²) in [5.41, 5.74) is 7.27. The van der Waals surface area contributed by atoms with E-state index in [-0.39, 0.29) is 30.7 Å². The van der Waals surface area contributed by atoms with E-state index in [1.807, 2.05) is 24.3 Å². The molecular weight excluding hydrogens is 335 g/mol. The second-order valence-electron chi connectivity index (χ2n) is 5.69. The van der Waals surface area contributed by atoms with Gasteiger partial charge in [-0.25, -0.2) is 4.98 Å². The number of imidazole rings is 1. The summed E-state index contributed by atoms with van der Waals surface area (Å²) >= 11 is 0. The lowest BCUT2D eigenvalue weighted by molar-refractivity contribution is -0.122. The number of nitrogens with zero attached hydrogens (tertiary/aromatic N) is 1. The Morgan fingerprint density at radius 2 is 1.78 bits per heavy atom. The Labute approximate surface area is 148 Å². The zero-order chi connectivity index (χ0) is 14.7. The highest BCUT2D eigenvalue weighted by Gasteiger charge is 2.35. The number of amides is 1. The summed E-state index contributed by atoms with van der Waals surface area (Å²) in [7, 11) is 0. The average molecular weight is 357 g/mol. The number of carbonyl (C=O) groups excluding carboxylic acids is 1. The van der Waals surface area contributed by atoms with E-state index in [9.17, 15) is 4.79 Å². The van der Waals surface area contributed by atoms with Crippen molar-refractivity contribution in [2.24, 2.45) is 5.73 Å². The number of benzene rings is 1. The van der Waals surface area contributed by atoms with Gasteiger partial charge in [0.15, 0.2) is 0 Å². The van der Waals surface area contributed by atoms with Crippen LogP contribution < -0.4 is 11.1 Å². The van der Waals surface area contributed by atoms with Crippen LogP contribution in [0.1, 0.15) is 32.1 Å². The van der Waals surface area contributed by atoms with E-state index >= 15 is 0 Å². The lowest BCUT2D eigenvalue weighted by Gasteiger charge is -2.31. The van der Waals surface area contributed by atoms with Gasteiger partial charge in [-0.1, -0.05) is 19.3 Å². The topological polar surface area (TPSA) is 83.8 Å². The van der Waals surface area contributed by atoms with Crippen LogP contribution in [-0.4, -0.2) is 21.4 Å². The third kappa shape index (κ3) is 4.47. The minimum atomic E-state index is -0.710. The number of rotatable bonds is 3. The van der Waals surface area contributed by atoms with Crippen LogP contribution in [0, 0.1) is 0 Å². The molecular formula is C16H22Cl2N4O. The molecule has 0 unspecified atom stereocenters. The monoisotopic (exact) mass is 356 g/mol. The number of hydrogen-bond donors (Lipinski definition) is 3. The summed E-state index contributed by atoms with van der Waals surface area (Å²) < 4.78 is 0. The van der Waals surface area contributed by atoms with Gasteiger partial charge in [-0.05, 0) is 37.1 Å². The van der Waals surface area contributed by atoms with Crippen molar-refractivity contribution in [1.29, 1.82) is 0 Å². The van der Waals surface area contributed by atoms with Gasteiger partial charge in [-0.2, -0.15) is 0 Å². The quantitative estimate of drug-likeness (QED) is 0.786. The normalized spacial score (nSPS) is 15.9. The van der Waals surface area contributed by atoms with Crippen molar-refractivity contribution in [3.05, 3.63) is 36.7 Å². The fourth-order valence-corrected chi connectivity index (χ4v) is 2.80. The van der Waals surface area contributed by atoms with E-state index < -0.39 is 5.54 Å². The van der Waals surface area contributed by atoms with Gasteiger partial charge in [0.05, 0.1) is 5.54 Å². The van der Waals surface area contributed by atoms with Gasteiger partial charge in [0.1, 0.15) is 5.82 Å². The molecule has 5 nitrogen and oxygen atoms in total. The molecule has 7 heteroatoms. The van der Waals surface area contributed by atoms with Crippen LogP contribution in [0.4, 0.5) is 5.69 Å². The molecule has 23 heavy (non-hydrogen) atoms. The van der Waals surface area contributed by atoms with E-state index in [2.05, 4.69) is 15.3 Å². The summed E-state index contributed by atoms with van der Waals surface area (Å²) in [6.07, 6.45) is 8.26.